The second kappa shape index (κ2) is 8.30. The van der Waals surface area contributed by atoms with Crippen LogP contribution in [0.1, 0.15) is 12.5 Å². The van der Waals surface area contributed by atoms with Crippen LogP contribution in [0, 0.1) is 6.92 Å². The summed E-state index contributed by atoms with van der Waals surface area (Å²) in [4.78, 5) is 27.0. The van der Waals surface area contributed by atoms with E-state index < -0.39 is 16.1 Å². The summed E-state index contributed by atoms with van der Waals surface area (Å²) in [5.41, 5.74) is 0.823. The minimum atomic E-state index is -3.73. The Bertz CT molecular complexity index is 727. The molecule has 0 saturated carbocycles. The molecule has 2 rings (SSSR count). The van der Waals surface area contributed by atoms with Crippen LogP contribution in [0.4, 0.5) is 4.79 Å². The quantitative estimate of drug-likeness (QED) is 0.819. The number of nitrogens with zero attached hydrogens (tertiary/aromatic N) is 2. The molecule has 138 valence electrons. The van der Waals surface area contributed by atoms with Crippen LogP contribution >= 0.6 is 0 Å². The lowest BCUT2D eigenvalue weighted by atomic mass is 10.2. The van der Waals surface area contributed by atoms with Gasteiger partial charge in [0.15, 0.2) is 0 Å². The second-order valence-corrected chi connectivity index (χ2v) is 7.47. The van der Waals surface area contributed by atoms with Crippen LogP contribution in [0.5, 0.6) is 0 Å². The lowest BCUT2D eigenvalue weighted by Gasteiger charge is -2.34. The maximum Gasteiger partial charge on any atom is 0.409 e. The molecule has 1 aliphatic heterocycles. The fourth-order valence-electron chi connectivity index (χ4n) is 2.49. The average molecular weight is 369 g/mol. The highest BCUT2D eigenvalue weighted by Crippen LogP contribution is 2.10. The molecule has 1 aliphatic rings. The first-order chi connectivity index (χ1) is 11.8. The van der Waals surface area contributed by atoms with Gasteiger partial charge in [0.1, 0.15) is 0 Å². The van der Waals surface area contributed by atoms with Crippen LogP contribution in [-0.2, 0) is 19.6 Å². The number of hydrogen-bond donors (Lipinski definition) is 1. The Morgan fingerprint density at radius 3 is 2.40 bits per heavy atom. The third kappa shape index (κ3) is 5.17. The van der Waals surface area contributed by atoms with Crippen LogP contribution < -0.4 is 4.72 Å². The number of piperazine rings is 1. The number of carbonyl (C=O) groups is 2. The van der Waals surface area contributed by atoms with Crippen molar-refractivity contribution in [3.05, 3.63) is 29.8 Å². The molecule has 1 aromatic carbocycles. The highest BCUT2D eigenvalue weighted by atomic mass is 32.2. The van der Waals surface area contributed by atoms with E-state index in [-0.39, 0.29) is 17.3 Å². The lowest BCUT2D eigenvalue weighted by molar-refractivity contribution is -0.131. The van der Waals surface area contributed by atoms with Crippen molar-refractivity contribution in [3.8, 4) is 0 Å². The molecule has 0 spiro atoms. The van der Waals surface area contributed by atoms with E-state index in [9.17, 15) is 18.0 Å². The number of aryl methyl sites for hydroxylation is 1. The topological polar surface area (TPSA) is 96.0 Å². The zero-order valence-electron chi connectivity index (χ0n) is 14.4. The van der Waals surface area contributed by atoms with Crippen molar-refractivity contribution < 1.29 is 22.7 Å². The van der Waals surface area contributed by atoms with Crippen molar-refractivity contribution in [1.82, 2.24) is 14.5 Å². The molecule has 0 unspecified atom stereocenters. The molecule has 9 heteroatoms. The minimum Gasteiger partial charge on any atom is -0.450 e. The number of carbonyl (C=O) groups excluding carboxylic acids is 2. The molecule has 8 nitrogen and oxygen atoms in total. The molecule has 1 saturated heterocycles. The van der Waals surface area contributed by atoms with Crippen LogP contribution in [0.3, 0.4) is 0 Å². The van der Waals surface area contributed by atoms with Gasteiger partial charge in [-0.25, -0.2) is 17.9 Å². The van der Waals surface area contributed by atoms with Gasteiger partial charge in [-0.2, -0.15) is 0 Å². The molecule has 1 N–H and O–H groups in total. The first-order valence-corrected chi connectivity index (χ1v) is 9.57. The van der Waals surface area contributed by atoms with Crippen molar-refractivity contribution in [2.24, 2.45) is 0 Å². The molecule has 1 aromatic rings. The summed E-state index contributed by atoms with van der Waals surface area (Å²) >= 11 is 0. The molecule has 25 heavy (non-hydrogen) atoms. The molecule has 0 aromatic heterocycles. The highest BCUT2D eigenvalue weighted by molar-refractivity contribution is 7.89. The van der Waals surface area contributed by atoms with Gasteiger partial charge in [0, 0.05) is 26.2 Å². The number of nitrogens with one attached hydrogen (secondary N) is 1. The molecule has 0 atom stereocenters. The molecule has 1 heterocycles. The summed E-state index contributed by atoms with van der Waals surface area (Å²) < 4.78 is 31.7. The Morgan fingerprint density at radius 1 is 1.16 bits per heavy atom. The maximum atomic E-state index is 12.2. The highest BCUT2D eigenvalue weighted by Gasteiger charge is 2.25. The smallest absolute Gasteiger partial charge is 0.409 e. The Balaban J connectivity index is 1.86. The van der Waals surface area contributed by atoms with E-state index in [1.165, 1.54) is 15.9 Å². The van der Waals surface area contributed by atoms with E-state index in [1.54, 1.807) is 32.0 Å². The normalized spacial score (nSPS) is 15.1. The fraction of sp³-hybridized carbons (Fsp3) is 0.500. The monoisotopic (exact) mass is 369 g/mol. The molecular weight excluding hydrogens is 346 g/mol. The maximum absolute atomic E-state index is 12.2. The Morgan fingerprint density at radius 2 is 1.80 bits per heavy atom. The standard InChI is InChI=1S/C16H23N3O5S/c1-3-24-16(21)19-9-7-18(8-10-19)15(20)12-17-25(22,23)14-6-4-5-13(2)11-14/h4-6,11,17H,3,7-10,12H2,1-2H3. The zero-order valence-corrected chi connectivity index (χ0v) is 15.2. The molecule has 0 aliphatic carbocycles. The number of hydrogen-bond acceptors (Lipinski definition) is 5. The number of ether oxygens (including phenoxy) is 1. The van der Waals surface area contributed by atoms with E-state index in [1.807, 2.05) is 0 Å². The fourth-order valence-corrected chi connectivity index (χ4v) is 3.57. The van der Waals surface area contributed by atoms with Gasteiger partial charge in [-0.3, -0.25) is 4.79 Å². The summed E-state index contributed by atoms with van der Waals surface area (Å²) in [6, 6.07) is 6.48. The van der Waals surface area contributed by atoms with Crippen molar-refractivity contribution in [3.63, 3.8) is 0 Å². The summed E-state index contributed by atoms with van der Waals surface area (Å²) in [6.45, 7) is 4.97. The summed E-state index contributed by atoms with van der Waals surface area (Å²) in [6.07, 6.45) is -0.394. The molecule has 2 amide bonds. The second-order valence-electron chi connectivity index (χ2n) is 5.71. The van der Waals surface area contributed by atoms with Crippen LogP contribution in [0.25, 0.3) is 0 Å². The summed E-state index contributed by atoms with van der Waals surface area (Å²) in [5, 5.41) is 0. The van der Waals surface area contributed by atoms with E-state index >= 15 is 0 Å². The molecule has 1 fully saturated rings. The van der Waals surface area contributed by atoms with Gasteiger partial charge >= 0.3 is 6.09 Å². The average Bonchev–Trinajstić information content (AvgIpc) is 2.60. The number of sulfonamides is 1. The third-order valence-electron chi connectivity index (χ3n) is 3.87. The Hall–Kier alpha value is -2.13. The van der Waals surface area contributed by atoms with Gasteiger partial charge in [0.2, 0.25) is 15.9 Å². The van der Waals surface area contributed by atoms with E-state index in [2.05, 4.69) is 4.72 Å². The van der Waals surface area contributed by atoms with Crippen molar-refractivity contribution in [2.75, 3.05) is 39.3 Å². The first-order valence-electron chi connectivity index (χ1n) is 8.09. The number of amides is 2. The van der Waals surface area contributed by atoms with Gasteiger partial charge < -0.3 is 14.5 Å². The largest absolute Gasteiger partial charge is 0.450 e. The Kier molecular flexibility index (Phi) is 6.38. The summed E-state index contributed by atoms with van der Waals surface area (Å²) in [5.74, 6) is -0.320. The van der Waals surface area contributed by atoms with Crippen molar-refractivity contribution >= 4 is 22.0 Å². The van der Waals surface area contributed by atoms with Crippen molar-refractivity contribution in [1.29, 1.82) is 0 Å². The predicted octanol–water partition coefficient (Wildman–Crippen LogP) is 0.574. The van der Waals surface area contributed by atoms with Crippen LogP contribution in [0.15, 0.2) is 29.2 Å². The van der Waals surface area contributed by atoms with Gasteiger partial charge in [-0.05, 0) is 31.5 Å². The van der Waals surface area contributed by atoms with Crippen LogP contribution in [-0.4, -0.2) is 69.5 Å². The third-order valence-corrected chi connectivity index (χ3v) is 5.27. The van der Waals surface area contributed by atoms with Gasteiger partial charge in [-0.15, -0.1) is 0 Å². The lowest BCUT2D eigenvalue weighted by Crippen LogP contribution is -2.52. The van der Waals surface area contributed by atoms with Gasteiger partial charge in [0.05, 0.1) is 18.0 Å². The predicted molar refractivity (Wildman–Crippen MR) is 91.5 cm³/mol. The summed E-state index contributed by atoms with van der Waals surface area (Å²) in [7, 11) is -3.73. The van der Waals surface area contributed by atoms with E-state index in [4.69, 9.17) is 4.74 Å². The zero-order chi connectivity index (χ0) is 18.4. The van der Waals surface area contributed by atoms with E-state index in [0.29, 0.717) is 32.8 Å². The first kappa shape index (κ1) is 19.2. The van der Waals surface area contributed by atoms with Gasteiger partial charge in [-0.1, -0.05) is 12.1 Å². The minimum absolute atomic E-state index is 0.132. The van der Waals surface area contributed by atoms with Gasteiger partial charge in [0.25, 0.3) is 0 Å². The van der Waals surface area contributed by atoms with Crippen molar-refractivity contribution in [2.45, 2.75) is 18.7 Å². The molecule has 0 radical (unpaired) electrons. The number of benzene rings is 1. The Labute approximate surface area is 147 Å². The SMILES string of the molecule is CCOC(=O)N1CCN(C(=O)CNS(=O)(=O)c2cccc(C)c2)CC1. The molecular formula is C16H23N3O5S. The van der Waals surface area contributed by atoms with E-state index in [0.717, 1.165) is 5.56 Å². The molecule has 0 bridgehead atoms. The number of rotatable bonds is 5. The van der Waals surface area contributed by atoms with Crippen LogP contribution in [0.2, 0.25) is 0 Å².